The highest BCUT2D eigenvalue weighted by atomic mass is 32.1. The molecule has 14 heavy (non-hydrogen) atoms. The van der Waals surface area contributed by atoms with Crippen LogP contribution in [-0.4, -0.2) is 16.2 Å². The quantitative estimate of drug-likeness (QED) is 0.625. The Hall–Kier alpha value is -0.920. The first-order valence-corrected chi connectivity index (χ1v) is 5.75. The van der Waals surface area contributed by atoms with Gasteiger partial charge in [0.05, 0.1) is 16.1 Å². The zero-order valence-electron chi connectivity index (χ0n) is 6.80. The van der Waals surface area contributed by atoms with Crippen LogP contribution in [0.1, 0.15) is 4.88 Å². The van der Waals surface area contributed by atoms with E-state index in [-0.39, 0.29) is 4.87 Å². The van der Waals surface area contributed by atoms with Gasteiger partial charge in [-0.3, -0.25) is 4.79 Å². The molecular weight excluding hydrogens is 238 g/mol. The van der Waals surface area contributed by atoms with E-state index < -0.39 is 0 Å². The van der Waals surface area contributed by atoms with E-state index in [1.807, 2.05) is 5.38 Å². The number of thiol groups is 1. The molecule has 0 atom stereocenters. The molecule has 2 heterocycles. The third-order valence-corrected chi connectivity index (χ3v) is 3.37. The van der Waals surface area contributed by atoms with Crippen molar-refractivity contribution in [1.29, 1.82) is 0 Å². The maximum absolute atomic E-state index is 10.9. The van der Waals surface area contributed by atoms with Crippen molar-refractivity contribution in [1.82, 2.24) is 9.97 Å². The lowest BCUT2D eigenvalue weighted by Crippen LogP contribution is -1.89. The van der Waals surface area contributed by atoms with Crippen LogP contribution in [0.3, 0.4) is 0 Å². The maximum Gasteiger partial charge on any atom is 0.305 e. The Morgan fingerprint density at radius 1 is 1.64 bits per heavy atom. The van der Waals surface area contributed by atoms with Gasteiger partial charge in [-0.05, 0) is 0 Å². The number of nitrogens with zero attached hydrogens (tertiary/aromatic N) is 2. The molecule has 2 aromatic heterocycles. The Kier molecular flexibility index (Phi) is 2.80. The lowest BCUT2D eigenvalue weighted by atomic mass is 10.6. The molecule has 2 rings (SSSR count). The molecule has 0 saturated carbocycles. The first-order valence-electron chi connectivity index (χ1n) is 3.61. The first-order chi connectivity index (χ1) is 6.75. The number of aromatic nitrogens is 2. The Balaban J connectivity index is 2.26. The minimum absolute atomic E-state index is 0.129. The normalized spacial score (nSPS) is 11.2. The van der Waals surface area contributed by atoms with Crippen LogP contribution in [0.5, 0.6) is 0 Å². The predicted molar refractivity (Wildman–Crippen MR) is 61.6 cm³/mol. The smallest absolute Gasteiger partial charge is 0.305 e. The van der Waals surface area contributed by atoms with E-state index in [1.165, 1.54) is 11.3 Å². The van der Waals surface area contributed by atoms with Gasteiger partial charge in [0.25, 0.3) is 0 Å². The second kappa shape index (κ2) is 4.07. The molecule has 0 aromatic carbocycles. The molecule has 0 fully saturated rings. The van der Waals surface area contributed by atoms with Crippen molar-refractivity contribution in [3.8, 4) is 0 Å². The number of nitrogens with one attached hydrogen (secondary N) is 1. The fraction of sp³-hybridized carbons (Fsp3) is 0. The summed E-state index contributed by atoms with van der Waals surface area (Å²) in [6, 6.07) is 0. The van der Waals surface area contributed by atoms with Gasteiger partial charge in [-0.25, -0.2) is 9.98 Å². The van der Waals surface area contributed by atoms with Crippen molar-refractivity contribution in [2.24, 2.45) is 4.99 Å². The SMILES string of the molecule is O=c1[nH]c(S)c(/C=N/c2nccs2)s1. The number of hydrogen-bond acceptors (Lipinski definition) is 6. The van der Waals surface area contributed by atoms with Crippen LogP contribution < -0.4 is 4.87 Å². The molecular formula is C7H5N3OS3. The Bertz CT molecular complexity index is 496. The van der Waals surface area contributed by atoms with Gasteiger partial charge in [-0.1, -0.05) is 11.3 Å². The molecule has 0 aliphatic rings. The van der Waals surface area contributed by atoms with E-state index in [0.29, 0.717) is 15.0 Å². The van der Waals surface area contributed by atoms with Crippen LogP contribution >= 0.6 is 35.3 Å². The molecule has 0 spiro atoms. The molecule has 1 N–H and O–H groups in total. The molecule has 0 unspecified atom stereocenters. The summed E-state index contributed by atoms with van der Waals surface area (Å²) in [6.07, 6.45) is 3.27. The summed E-state index contributed by atoms with van der Waals surface area (Å²) in [7, 11) is 0. The highest BCUT2D eigenvalue weighted by molar-refractivity contribution is 7.80. The van der Waals surface area contributed by atoms with Gasteiger partial charge in [0, 0.05) is 11.6 Å². The monoisotopic (exact) mass is 243 g/mol. The van der Waals surface area contributed by atoms with Crippen LogP contribution in [0.4, 0.5) is 5.13 Å². The van der Waals surface area contributed by atoms with Crippen molar-refractivity contribution in [3.63, 3.8) is 0 Å². The Labute approximate surface area is 92.8 Å². The van der Waals surface area contributed by atoms with Crippen molar-refractivity contribution in [2.75, 3.05) is 0 Å². The summed E-state index contributed by atoms with van der Waals surface area (Å²) in [5, 5.41) is 3.05. The molecule has 0 aliphatic heterocycles. The third-order valence-electron chi connectivity index (χ3n) is 1.37. The fourth-order valence-corrected chi connectivity index (χ4v) is 2.27. The molecule has 0 radical (unpaired) electrons. The first kappa shape index (κ1) is 9.63. The molecule has 0 bridgehead atoms. The van der Waals surface area contributed by atoms with Gasteiger partial charge in [-0.15, -0.1) is 24.0 Å². The van der Waals surface area contributed by atoms with Crippen LogP contribution in [0.15, 0.2) is 26.4 Å². The molecule has 72 valence electrons. The zero-order chi connectivity index (χ0) is 9.97. The number of aromatic amines is 1. The Morgan fingerprint density at radius 3 is 3.07 bits per heavy atom. The van der Waals surface area contributed by atoms with E-state index in [2.05, 4.69) is 27.6 Å². The molecule has 0 aliphatic carbocycles. The number of aliphatic imine (C=N–C) groups is 1. The minimum atomic E-state index is -0.129. The number of hydrogen-bond donors (Lipinski definition) is 2. The Morgan fingerprint density at radius 2 is 2.50 bits per heavy atom. The molecule has 0 saturated heterocycles. The van der Waals surface area contributed by atoms with E-state index >= 15 is 0 Å². The molecule has 7 heteroatoms. The molecule has 2 aromatic rings. The highest BCUT2D eigenvalue weighted by Gasteiger charge is 2.01. The maximum atomic E-state index is 10.9. The summed E-state index contributed by atoms with van der Waals surface area (Å²) in [5.41, 5.74) is 0. The fourth-order valence-electron chi connectivity index (χ4n) is 0.813. The summed E-state index contributed by atoms with van der Waals surface area (Å²) >= 11 is 6.61. The van der Waals surface area contributed by atoms with Crippen molar-refractivity contribution < 1.29 is 0 Å². The summed E-state index contributed by atoms with van der Waals surface area (Å²) in [5.74, 6) is 0. The molecule has 4 nitrogen and oxygen atoms in total. The van der Waals surface area contributed by atoms with Gasteiger partial charge in [0.1, 0.15) is 0 Å². The second-order valence-electron chi connectivity index (χ2n) is 2.30. The van der Waals surface area contributed by atoms with E-state index in [9.17, 15) is 4.79 Å². The largest absolute Gasteiger partial charge is 0.307 e. The zero-order valence-corrected chi connectivity index (χ0v) is 9.33. The van der Waals surface area contributed by atoms with Crippen molar-refractivity contribution in [2.45, 2.75) is 5.03 Å². The predicted octanol–water partition coefficient (Wildman–Crippen LogP) is 1.93. The number of rotatable bonds is 2. The topological polar surface area (TPSA) is 58.1 Å². The van der Waals surface area contributed by atoms with Crippen LogP contribution in [0, 0.1) is 0 Å². The van der Waals surface area contributed by atoms with E-state index in [4.69, 9.17) is 0 Å². The second-order valence-corrected chi connectivity index (χ2v) is 4.64. The van der Waals surface area contributed by atoms with Gasteiger partial charge < -0.3 is 4.98 Å². The highest BCUT2D eigenvalue weighted by Crippen LogP contribution is 2.16. The van der Waals surface area contributed by atoms with Gasteiger partial charge >= 0.3 is 4.87 Å². The lowest BCUT2D eigenvalue weighted by molar-refractivity contribution is 1.16. The van der Waals surface area contributed by atoms with Crippen LogP contribution in [-0.2, 0) is 0 Å². The van der Waals surface area contributed by atoms with Crippen molar-refractivity contribution >= 4 is 46.6 Å². The summed E-state index contributed by atoms with van der Waals surface area (Å²) in [4.78, 5) is 22.1. The van der Waals surface area contributed by atoms with Crippen LogP contribution in [0.2, 0.25) is 0 Å². The van der Waals surface area contributed by atoms with Crippen LogP contribution in [0.25, 0.3) is 0 Å². The molecule has 0 amide bonds. The average molecular weight is 243 g/mol. The third kappa shape index (κ3) is 2.11. The summed E-state index contributed by atoms with van der Waals surface area (Å²) in [6.45, 7) is 0. The van der Waals surface area contributed by atoms with E-state index in [1.54, 1.807) is 12.4 Å². The standard InChI is InChI=1S/C7H5N3OS3/c11-7-10-5(12)4(14-7)3-9-6-8-1-2-13-6/h1-3,12H,(H,10,11)/b9-3+. The van der Waals surface area contributed by atoms with E-state index in [0.717, 1.165) is 11.3 Å². The van der Waals surface area contributed by atoms with Gasteiger partial charge in [0.15, 0.2) is 0 Å². The number of H-pyrrole nitrogens is 1. The lowest BCUT2D eigenvalue weighted by Gasteiger charge is -1.84. The van der Waals surface area contributed by atoms with Gasteiger partial charge in [0.2, 0.25) is 5.13 Å². The summed E-state index contributed by atoms with van der Waals surface area (Å²) < 4.78 is 0. The minimum Gasteiger partial charge on any atom is -0.307 e. The van der Waals surface area contributed by atoms with Gasteiger partial charge in [-0.2, -0.15) is 0 Å². The number of thiazole rings is 2. The average Bonchev–Trinajstić information content (AvgIpc) is 2.72. The van der Waals surface area contributed by atoms with Crippen molar-refractivity contribution in [3.05, 3.63) is 26.1 Å².